The first kappa shape index (κ1) is 24.7. The molecule has 5 rings (SSSR count). The van der Waals surface area contributed by atoms with E-state index in [1.807, 2.05) is 42.6 Å². The summed E-state index contributed by atoms with van der Waals surface area (Å²) in [4.78, 5) is 41.6. The number of carbonyl (C=O) groups is 2. The normalized spacial score (nSPS) is 18.1. The molecule has 0 aliphatic carbocycles. The van der Waals surface area contributed by atoms with Crippen LogP contribution in [-0.2, 0) is 4.74 Å². The Morgan fingerprint density at radius 3 is 2.46 bits per heavy atom. The van der Waals surface area contributed by atoms with E-state index in [2.05, 4.69) is 32.1 Å². The van der Waals surface area contributed by atoms with Crippen molar-refractivity contribution in [1.82, 2.24) is 19.8 Å². The molecule has 9 heteroatoms. The van der Waals surface area contributed by atoms with Crippen molar-refractivity contribution in [3.8, 4) is 0 Å². The number of pyridine rings is 2. The number of fused-ring (bicyclic) bond motifs is 1. The summed E-state index contributed by atoms with van der Waals surface area (Å²) in [5.41, 5.74) is 2.77. The van der Waals surface area contributed by atoms with Crippen LogP contribution in [0.2, 0.25) is 0 Å². The maximum Gasteiger partial charge on any atom is 0.418 e. The van der Waals surface area contributed by atoms with Gasteiger partial charge in [-0.25, -0.2) is 14.7 Å². The number of benzene rings is 1. The maximum absolute atomic E-state index is 13.7. The van der Waals surface area contributed by atoms with E-state index < -0.39 is 23.6 Å². The van der Waals surface area contributed by atoms with Crippen molar-refractivity contribution in [3.63, 3.8) is 0 Å². The Labute approximate surface area is 217 Å². The summed E-state index contributed by atoms with van der Waals surface area (Å²) < 4.78 is 5.62. The van der Waals surface area contributed by atoms with Crippen molar-refractivity contribution in [2.24, 2.45) is 0 Å². The standard InChI is InChI=1S/C28H32N6O3/c1-28(2,3)37-27(36)34-25(19-7-6-12-29-17-19)21-8-5-9-22(24(21)26(34)35)31-23-11-10-20(18-30-23)33-15-13-32(4)14-16-33/h5-12,17-18,25H,13-16H2,1-4H3,(H,30,31). The number of anilines is 3. The molecule has 1 saturated heterocycles. The average Bonchev–Trinajstić information content (AvgIpc) is 3.18. The third-order valence-corrected chi connectivity index (χ3v) is 6.55. The molecule has 2 aliphatic rings. The van der Waals surface area contributed by atoms with Crippen LogP contribution < -0.4 is 10.2 Å². The molecule has 4 heterocycles. The molecule has 1 N–H and O–H groups in total. The molecule has 1 atom stereocenters. The Kier molecular flexibility index (Phi) is 6.55. The van der Waals surface area contributed by atoms with E-state index in [0.717, 1.165) is 37.4 Å². The second-order valence-corrected chi connectivity index (χ2v) is 10.4. The average molecular weight is 501 g/mol. The SMILES string of the molecule is CN1CCN(c2ccc(Nc3cccc4c3C(=O)N(C(=O)OC(C)(C)C)C4c3cccnc3)nc2)CC1. The minimum absolute atomic E-state index is 0.421. The fraction of sp³-hybridized carbons (Fsp3) is 0.357. The number of carbonyl (C=O) groups excluding carboxylic acids is 2. The van der Waals surface area contributed by atoms with Crippen molar-refractivity contribution in [2.45, 2.75) is 32.4 Å². The van der Waals surface area contributed by atoms with Gasteiger partial charge in [0.05, 0.1) is 29.2 Å². The van der Waals surface area contributed by atoms with E-state index in [1.54, 1.807) is 39.2 Å². The van der Waals surface area contributed by atoms with Gasteiger partial charge < -0.3 is 19.9 Å². The lowest BCUT2D eigenvalue weighted by molar-refractivity contribution is 0.0215. The molecule has 2 amide bonds. The minimum Gasteiger partial charge on any atom is -0.443 e. The zero-order chi connectivity index (χ0) is 26.2. The zero-order valence-electron chi connectivity index (χ0n) is 21.6. The second kappa shape index (κ2) is 9.82. The smallest absolute Gasteiger partial charge is 0.418 e. The molecule has 3 aromatic rings. The first-order valence-corrected chi connectivity index (χ1v) is 12.5. The number of ether oxygens (including phenoxy) is 1. The van der Waals surface area contributed by atoms with Crippen LogP contribution in [-0.4, -0.2) is 70.6 Å². The Morgan fingerprint density at radius 1 is 1.03 bits per heavy atom. The minimum atomic E-state index is -0.748. The van der Waals surface area contributed by atoms with Gasteiger partial charge in [-0.05, 0) is 63.2 Å². The number of rotatable bonds is 4. The van der Waals surface area contributed by atoms with Gasteiger partial charge in [0.1, 0.15) is 11.4 Å². The van der Waals surface area contributed by atoms with Gasteiger partial charge in [0.25, 0.3) is 5.91 Å². The van der Waals surface area contributed by atoms with Crippen LogP contribution in [0.15, 0.2) is 61.1 Å². The molecule has 1 fully saturated rings. The van der Waals surface area contributed by atoms with Gasteiger partial charge in [-0.3, -0.25) is 9.78 Å². The summed E-state index contributed by atoms with van der Waals surface area (Å²) >= 11 is 0. The summed E-state index contributed by atoms with van der Waals surface area (Å²) in [6.45, 7) is 9.30. The number of nitrogens with zero attached hydrogens (tertiary/aromatic N) is 5. The molecule has 0 radical (unpaired) electrons. The Hall–Kier alpha value is -3.98. The highest BCUT2D eigenvalue weighted by atomic mass is 16.6. The number of aromatic nitrogens is 2. The molecule has 0 spiro atoms. The predicted octanol–water partition coefficient (Wildman–Crippen LogP) is 4.45. The number of nitrogens with one attached hydrogen (secondary N) is 1. The molecular formula is C28H32N6O3. The number of likely N-dealkylation sites (N-methyl/N-ethyl adjacent to an activating group) is 1. The summed E-state index contributed by atoms with van der Waals surface area (Å²) in [5.74, 6) is 0.197. The van der Waals surface area contributed by atoms with Crippen molar-refractivity contribution >= 4 is 29.2 Å². The molecule has 37 heavy (non-hydrogen) atoms. The number of amides is 2. The van der Waals surface area contributed by atoms with E-state index in [4.69, 9.17) is 4.74 Å². The van der Waals surface area contributed by atoms with Crippen LogP contribution in [0.1, 0.15) is 48.3 Å². The topological polar surface area (TPSA) is 90.9 Å². The molecule has 1 unspecified atom stereocenters. The van der Waals surface area contributed by atoms with Gasteiger partial charge in [0.15, 0.2) is 0 Å². The van der Waals surface area contributed by atoms with E-state index in [9.17, 15) is 9.59 Å². The molecule has 9 nitrogen and oxygen atoms in total. The maximum atomic E-state index is 13.7. The zero-order valence-corrected chi connectivity index (χ0v) is 21.6. The van der Waals surface area contributed by atoms with Crippen LogP contribution >= 0.6 is 0 Å². The number of imide groups is 1. The molecule has 1 aromatic carbocycles. The summed E-state index contributed by atoms with van der Waals surface area (Å²) in [7, 11) is 2.13. The van der Waals surface area contributed by atoms with Crippen LogP contribution in [0.25, 0.3) is 0 Å². The summed E-state index contributed by atoms with van der Waals surface area (Å²) in [6, 6.07) is 12.5. The number of piperazine rings is 1. The second-order valence-electron chi connectivity index (χ2n) is 10.4. The first-order chi connectivity index (χ1) is 17.7. The largest absolute Gasteiger partial charge is 0.443 e. The highest BCUT2D eigenvalue weighted by molar-refractivity contribution is 6.11. The fourth-order valence-electron chi connectivity index (χ4n) is 4.73. The van der Waals surface area contributed by atoms with Crippen LogP contribution in [0, 0.1) is 0 Å². The van der Waals surface area contributed by atoms with Crippen LogP contribution in [0.4, 0.5) is 22.0 Å². The quantitative estimate of drug-likeness (QED) is 0.562. The molecule has 192 valence electrons. The third-order valence-electron chi connectivity index (χ3n) is 6.55. The van der Waals surface area contributed by atoms with E-state index >= 15 is 0 Å². The van der Waals surface area contributed by atoms with E-state index in [1.165, 1.54) is 4.90 Å². The van der Waals surface area contributed by atoms with E-state index in [-0.39, 0.29) is 0 Å². The lowest BCUT2D eigenvalue weighted by Gasteiger charge is -2.33. The van der Waals surface area contributed by atoms with Gasteiger partial charge in [0, 0.05) is 38.6 Å². The van der Waals surface area contributed by atoms with Crippen LogP contribution in [0.5, 0.6) is 0 Å². The monoisotopic (exact) mass is 500 g/mol. The lowest BCUT2D eigenvalue weighted by Crippen LogP contribution is -2.44. The molecule has 0 saturated carbocycles. The summed E-state index contributed by atoms with van der Waals surface area (Å²) in [6.07, 6.45) is 4.49. The first-order valence-electron chi connectivity index (χ1n) is 12.5. The lowest BCUT2D eigenvalue weighted by atomic mass is 9.98. The summed E-state index contributed by atoms with van der Waals surface area (Å²) in [5, 5.41) is 3.30. The van der Waals surface area contributed by atoms with Crippen molar-refractivity contribution in [1.29, 1.82) is 0 Å². The molecular weight excluding hydrogens is 468 g/mol. The van der Waals surface area contributed by atoms with Crippen LogP contribution in [0.3, 0.4) is 0 Å². The Morgan fingerprint density at radius 2 is 1.81 bits per heavy atom. The number of hydrogen-bond donors (Lipinski definition) is 1. The van der Waals surface area contributed by atoms with E-state index in [0.29, 0.717) is 22.6 Å². The molecule has 2 aliphatic heterocycles. The molecule has 2 aromatic heterocycles. The Balaban J connectivity index is 1.46. The number of hydrogen-bond acceptors (Lipinski definition) is 8. The van der Waals surface area contributed by atoms with Gasteiger partial charge >= 0.3 is 6.09 Å². The van der Waals surface area contributed by atoms with Gasteiger partial charge in [0.2, 0.25) is 0 Å². The van der Waals surface area contributed by atoms with Gasteiger partial charge in [-0.2, -0.15) is 0 Å². The third kappa shape index (κ3) is 5.13. The van der Waals surface area contributed by atoms with Crippen molar-refractivity contribution < 1.29 is 14.3 Å². The van der Waals surface area contributed by atoms with Gasteiger partial charge in [-0.15, -0.1) is 0 Å². The fourth-order valence-corrected chi connectivity index (χ4v) is 4.73. The Bertz CT molecular complexity index is 1280. The van der Waals surface area contributed by atoms with Crippen molar-refractivity contribution in [3.05, 3.63) is 77.7 Å². The molecule has 0 bridgehead atoms. The predicted molar refractivity (Wildman–Crippen MR) is 142 cm³/mol. The highest BCUT2D eigenvalue weighted by Crippen LogP contribution is 2.42. The van der Waals surface area contributed by atoms with Gasteiger partial charge in [-0.1, -0.05) is 18.2 Å². The highest BCUT2D eigenvalue weighted by Gasteiger charge is 2.45. The van der Waals surface area contributed by atoms with Crippen molar-refractivity contribution in [2.75, 3.05) is 43.4 Å².